The molecule has 0 aliphatic carbocycles. The molecule has 6 heteroatoms. The summed E-state index contributed by atoms with van der Waals surface area (Å²) >= 11 is 0. The van der Waals surface area contributed by atoms with Gasteiger partial charge in [0.2, 0.25) is 0 Å². The minimum atomic E-state index is -0.984. The van der Waals surface area contributed by atoms with E-state index in [2.05, 4.69) is 15.0 Å². The monoisotopic (exact) mass is 272 g/mol. The molecular formula is C14H12N2O4. The Kier molecular flexibility index (Phi) is 3.95. The second-order valence-corrected chi connectivity index (χ2v) is 3.93. The van der Waals surface area contributed by atoms with Gasteiger partial charge in [0.1, 0.15) is 5.82 Å². The SMILES string of the molecule is COC(=O)c1ccnc(Nc2ccc(C(=O)O)cc2)c1. The molecule has 2 rings (SSSR count). The van der Waals surface area contributed by atoms with E-state index in [1.807, 2.05) is 0 Å². The van der Waals surface area contributed by atoms with Crippen molar-refractivity contribution in [3.8, 4) is 0 Å². The zero-order valence-corrected chi connectivity index (χ0v) is 10.7. The van der Waals surface area contributed by atoms with E-state index in [0.717, 1.165) is 0 Å². The Morgan fingerprint density at radius 1 is 1.15 bits per heavy atom. The maximum Gasteiger partial charge on any atom is 0.338 e. The van der Waals surface area contributed by atoms with Crippen LogP contribution in [0.5, 0.6) is 0 Å². The van der Waals surface area contributed by atoms with E-state index < -0.39 is 11.9 Å². The molecule has 0 aliphatic rings. The van der Waals surface area contributed by atoms with Gasteiger partial charge in [-0.25, -0.2) is 14.6 Å². The number of pyridine rings is 1. The summed E-state index contributed by atoms with van der Waals surface area (Å²) < 4.78 is 4.62. The number of carbonyl (C=O) groups excluding carboxylic acids is 1. The number of aromatic nitrogens is 1. The number of rotatable bonds is 4. The summed E-state index contributed by atoms with van der Waals surface area (Å²) in [6.07, 6.45) is 1.49. The average molecular weight is 272 g/mol. The third-order valence-electron chi connectivity index (χ3n) is 2.59. The van der Waals surface area contributed by atoms with Crippen molar-refractivity contribution in [1.82, 2.24) is 4.98 Å². The zero-order chi connectivity index (χ0) is 14.5. The van der Waals surface area contributed by atoms with Gasteiger partial charge in [0, 0.05) is 11.9 Å². The van der Waals surface area contributed by atoms with Crippen molar-refractivity contribution in [2.75, 3.05) is 12.4 Å². The van der Waals surface area contributed by atoms with E-state index in [-0.39, 0.29) is 5.56 Å². The average Bonchev–Trinajstić information content (AvgIpc) is 2.47. The highest BCUT2D eigenvalue weighted by molar-refractivity contribution is 5.90. The quantitative estimate of drug-likeness (QED) is 0.830. The van der Waals surface area contributed by atoms with Crippen molar-refractivity contribution in [1.29, 1.82) is 0 Å². The normalized spacial score (nSPS) is 9.85. The molecule has 2 aromatic rings. The van der Waals surface area contributed by atoms with E-state index in [1.54, 1.807) is 24.3 Å². The minimum Gasteiger partial charge on any atom is -0.478 e. The number of benzene rings is 1. The second kappa shape index (κ2) is 5.83. The van der Waals surface area contributed by atoms with Gasteiger partial charge in [-0.3, -0.25) is 0 Å². The molecule has 20 heavy (non-hydrogen) atoms. The maximum absolute atomic E-state index is 11.4. The van der Waals surface area contributed by atoms with Gasteiger partial charge in [0.25, 0.3) is 0 Å². The molecule has 1 aromatic heterocycles. The van der Waals surface area contributed by atoms with Crippen LogP contribution in [0, 0.1) is 0 Å². The molecule has 0 aliphatic heterocycles. The smallest absolute Gasteiger partial charge is 0.338 e. The number of nitrogens with one attached hydrogen (secondary N) is 1. The van der Waals surface area contributed by atoms with Crippen molar-refractivity contribution in [3.63, 3.8) is 0 Å². The Bertz CT molecular complexity index is 638. The molecule has 0 saturated heterocycles. The number of carbonyl (C=O) groups is 2. The highest BCUT2D eigenvalue weighted by Crippen LogP contribution is 2.16. The fourth-order valence-corrected chi connectivity index (χ4v) is 1.59. The first-order valence-electron chi connectivity index (χ1n) is 5.75. The van der Waals surface area contributed by atoms with Crippen LogP contribution >= 0.6 is 0 Å². The highest BCUT2D eigenvalue weighted by Gasteiger charge is 2.07. The molecule has 102 valence electrons. The lowest BCUT2D eigenvalue weighted by molar-refractivity contribution is 0.0599. The third kappa shape index (κ3) is 3.11. The lowest BCUT2D eigenvalue weighted by Crippen LogP contribution is -2.03. The molecule has 1 heterocycles. The number of carboxylic acids is 1. The summed E-state index contributed by atoms with van der Waals surface area (Å²) in [5.41, 5.74) is 1.25. The van der Waals surface area contributed by atoms with Crippen LogP contribution in [0.3, 0.4) is 0 Å². The van der Waals surface area contributed by atoms with Gasteiger partial charge in [0.05, 0.1) is 18.2 Å². The Labute approximate surface area is 115 Å². The molecule has 0 spiro atoms. The summed E-state index contributed by atoms with van der Waals surface area (Å²) in [7, 11) is 1.31. The molecule has 0 radical (unpaired) electrons. The van der Waals surface area contributed by atoms with Gasteiger partial charge >= 0.3 is 11.9 Å². The van der Waals surface area contributed by atoms with Crippen LogP contribution in [0.1, 0.15) is 20.7 Å². The highest BCUT2D eigenvalue weighted by atomic mass is 16.5. The maximum atomic E-state index is 11.4. The molecule has 0 atom stereocenters. The fourth-order valence-electron chi connectivity index (χ4n) is 1.59. The molecule has 6 nitrogen and oxygen atoms in total. The molecule has 0 amide bonds. The van der Waals surface area contributed by atoms with Crippen LogP contribution in [-0.2, 0) is 4.74 Å². The summed E-state index contributed by atoms with van der Waals surface area (Å²) in [5.74, 6) is -0.963. The van der Waals surface area contributed by atoms with Crippen molar-refractivity contribution < 1.29 is 19.4 Å². The molecule has 2 N–H and O–H groups in total. The Morgan fingerprint density at radius 3 is 2.45 bits per heavy atom. The van der Waals surface area contributed by atoms with Crippen LogP contribution in [0.15, 0.2) is 42.6 Å². The Hall–Kier alpha value is -2.89. The fraction of sp³-hybridized carbons (Fsp3) is 0.0714. The molecule has 1 aromatic carbocycles. The first-order chi connectivity index (χ1) is 9.60. The standard InChI is InChI=1S/C14H12N2O4/c1-20-14(19)10-6-7-15-12(8-10)16-11-4-2-9(3-5-11)13(17)18/h2-8H,1H3,(H,15,16)(H,17,18). The number of hydrogen-bond acceptors (Lipinski definition) is 5. The molecule has 0 unspecified atom stereocenters. The van der Waals surface area contributed by atoms with Crippen molar-refractivity contribution in [2.45, 2.75) is 0 Å². The van der Waals surface area contributed by atoms with Crippen molar-refractivity contribution in [3.05, 3.63) is 53.7 Å². The predicted octanol–water partition coefficient (Wildman–Crippen LogP) is 2.31. The molecule has 0 saturated carbocycles. The number of methoxy groups -OCH3 is 1. The number of nitrogens with zero attached hydrogens (tertiary/aromatic N) is 1. The first-order valence-corrected chi connectivity index (χ1v) is 5.75. The second-order valence-electron chi connectivity index (χ2n) is 3.93. The number of anilines is 2. The van der Waals surface area contributed by atoms with Crippen molar-refractivity contribution in [2.24, 2.45) is 0 Å². The van der Waals surface area contributed by atoms with E-state index in [1.165, 1.54) is 25.4 Å². The lowest BCUT2D eigenvalue weighted by Gasteiger charge is -2.07. The summed E-state index contributed by atoms with van der Waals surface area (Å²) in [6.45, 7) is 0. The largest absolute Gasteiger partial charge is 0.478 e. The van der Waals surface area contributed by atoms with Gasteiger partial charge in [-0.05, 0) is 36.4 Å². The minimum absolute atomic E-state index is 0.201. The van der Waals surface area contributed by atoms with E-state index in [0.29, 0.717) is 17.1 Å². The number of hydrogen-bond donors (Lipinski definition) is 2. The number of esters is 1. The Morgan fingerprint density at radius 2 is 1.85 bits per heavy atom. The number of carboxylic acid groups (broad SMARTS) is 1. The molecule has 0 bridgehead atoms. The van der Waals surface area contributed by atoms with Gasteiger partial charge in [0.15, 0.2) is 0 Å². The van der Waals surface area contributed by atoms with Crippen LogP contribution in [0.2, 0.25) is 0 Å². The van der Waals surface area contributed by atoms with Crippen LogP contribution < -0.4 is 5.32 Å². The summed E-state index contributed by atoms with van der Waals surface area (Å²) in [4.78, 5) is 26.2. The molecular weight excluding hydrogens is 260 g/mol. The van der Waals surface area contributed by atoms with Crippen molar-refractivity contribution >= 4 is 23.4 Å². The predicted molar refractivity (Wildman–Crippen MR) is 72.3 cm³/mol. The Balaban J connectivity index is 2.17. The van der Waals surface area contributed by atoms with Gasteiger partial charge in [-0.2, -0.15) is 0 Å². The summed E-state index contributed by atoms with van der Waals surface area (Å²) in [6, 6.07) is 9.30. The third-order valence-corrected chi connectivity index (χ3v) is 2.59. The zero-order valence-electron chi connectivity index (χ0n) is 10.7. The first kappa shape index (κ1) is 13.5. The van der Waals surface area contributed by atoms with E-state index >= 15 is 0 Å². The van der Waals surface area contributed by atoms with Crippen LogP contribution in [0.25, 0.3) is 0 Å². The van der Waals surface area contributed by atoms with Gasteiger partial charge in [-0.1, -0.05) is 0 Å². The number of ether oxygens (including phenoxy) is 1. The van der Waals surface area contributed by atoms with Crippen LogP contribution in [0.4, 0.5) is 11.5 Å². The number of aromatic carboxylic acids is 1. The van der Waals surface area contributed by atoms with E-state index in [4.69, 9.17) is 5.11 Å². The molecule has 0 fully saturated rings. The lowest BCUT2D eigenvalue weighted by atomic mass is 10.2. The summed E-state index contributed by atoms with van der Waals surface area (Å²) in [5, 5.41) is 11.8. The van der Waals surface area contributed by atoms with Gasteiger partial charge in [-0.15, -0.1) is 0 Å². The van der Waals surface area contributed by atoms with E-state index in [9.17, 15) is 9.59 Å². The topological polar surface area (TPSA) is 88.5 Å². The van der Waals surface area contributed by atoms with Gasteiger partial charge < -0.3 is 15.2 Å². The van der Waals surface area contributed by atoms with Crippen LogP contribution in [-0.4, -0.2) is 29.1 Å².